The lowest BCUT2D eigenvalue weighted by molar-refractivity contribution is -0.333. The SMILES string of the molecule is CCC1CC(C(=O)NCCCc2cn(CCCC(=O)Nc3cc(S(=O)(=O)O)cc4cc(S(=O)(=O)O)cc(S(=O)(=O)O)c34)nn2)CC(OC2OC(CO)C(O)C(O[C@@H](CC3CCCCC3)C(=O)O)C2OC(=O)c2ccccc2)C1OC1CC(C)C(O)(CCO)CC1O. The van der Waals surface area contributed by atoms with Crippen molar-refractivity contribution in [2.75, 3.05) is 25.1 Å². The van der Waals surface area contributed by atoms with Crippen LogP contribution in [0.4, 0.5) is 5.69 Å². The number of fused-ring (bicyclic) bond motifs is 1. The molecule has 0 radical (unpaired) electrons. The van der Waals surface area contributed by atoms with Crippen molar-refractivity contribution in [2.24, 2.45) is 23.7 Å². The van der Waals surface area contributed by atoms with E-state index in [0.717, 1.165) is 32.1 Å². The Bertz CT molecular complexity index is 3530. The number of aromatic nitrogens is 3. The number of aliphatic carboxylic acids is 1. The Morgan fingerprint density at radius 1 is 0.846 bits per heavy atom. The summed E-state index contributed by atoms with van der Waals surface area (Å²) in [6.45, 7) is 2.82. The third-order valence-electron chi connectivity index (χ3n) is 17.8. The Labute approximate surface area is 526 Å². The minimum Gasteiger partial charge on any atom is -0.479 e. The summed E-state index contributed by atoms with van der Waals surface area (Å²) in [4.78, 5) is 51.5. The van der Waals surface area contributed by atoms with E-state index < -0.39 is 171 Å². The number of aliphatic hydroxyl groups is 5. The van der Waals surface area contributed by atoms with Crippen LogP contribution in [0.15, 0.2) is 75.5 Å². The molecule has 11 N–H and O–H groups in total. The highest BCUT2D eigenvalue weighted by atomic mass is 32.2. The van der Waals surface area contributed by atoms with Crippen LogP contribution in [0, 0.1) is 23.7 Å². The number of carboxylic acids is 1. The Kier molecular flexibility index (Phi) is 23.9. The molecule has 3 saturated carbocycles. The molecule has 3 aliphatic carbocycles. The van der Waals surface area contributed by atoms with E-state index in [1.807, 2.05) is 6.92 Å². The summed E-state index contributed by atoms with van der Waals surface area (Å²) in [5.74, 6) is -5.01. The first-order valence-corrected chi connectivity index (χ1v) is 34.7. The summed E-state index contributed by atoms with van der Waals surface area (Å²) in [7, 11) is -15.4. The monoisotopic (exact) mass is 1340 g/mol. The van der Waals surface area contributed by atoms with Gasteiger partial charge in [-0.1, -0.05) is 75.8 Å². The van der Waals surface area contributed by atoms with Gasteiger partial charge in [0.05, 0.1) is 63.4 Å². The molecule has 14 atom stereocenters. The predicted molar refractivity (Wildman–Crippen MR) is 319 cm³/mol. The molecule has 4 aromatic rings. The van der Waals surface area contributed by atoms with E-state index in [9.17, 15) is 88.7 Å². The summed E-state index contributed by atoms with van der Waals surface area (Å²) < 4.78 is 136. The fourth-order valence-electron chi connectivity index (χ4n) is 12.9. The third-order valence-corrected chi connectivity index (χ3v) is 20.4. The highest BCUT2D eigenvalue weighted by Crippen LogP contribution is 2.44. The average Bonchev–Trinajstić information content (AvgIpc) is 1.01. The summed E-state index contributed by atoms with van der Waals surface area (Å²) >= 11 is 0. The number of esters is 1. The van der Waals surface area contributed by atoms with Gasteiger partial charge in [-0.15, -0.1) is 5.10 Å². The van der Waals surface area contributed by atoms with Crippen LogP contribution in [0.25, 0.3) is 10.8 Å². The fraction of sp³-hybridized carbons (Fsp3) is 0.627. The number of hydrogen-bond donors (Lipinski definition) is 11. The number of aryl methyl sites for hydroxylation is 2. The lowest BCUT2D eigenvalue weighted by Crippen LogP contribution is -2.64. The van der Waals surface area contributed by atoms with Crippen molar-refractivity contribution in [2.45, 2.75) is 205 Å². The first kappa shape index (κ1) is 71.2. The highest BCUT2D eigenvalue weighted by molar-refractivity contribution is 7.87. The number of aliphatic hydroxyl groups excluding tert-OH is 4. The molecule has 13 unspecified atom stereocenters. The lowest BCUT2D eigenvalue weighted by atomic mass is 9.71. The van der Waals surface area contributed by atoms with Crippen LogP contribution in [-0.2, 0) is 81.4 Å². The van der Waals surface area contributed by atoms with Gasteiger partial charge < -0.3 is 65.0 Å². The molecule has 2 heterocycles. The van der Waals surface area contributed by atoms with Gasteiger partial charge >= 0.3 is 11.9 Å². The Morgan fingerprint density at radius 2 is 1.54 bits per heavy atom. The second-order valence-electron chi connectivity index (χ2n) is 24.2. The Hall–Kier alpha value is -5.69. The van der Waals surface area contributed by atoms with E-state index in [1.165, 1.54) is 16.8 Å². The number of benzene rings is 3. The van der Waals surface area contributed by atoms with Crippen molar-refractivity contribution in [3.8, 4) is 0 Å². The van der Waals surface area contributed by atoms with Crippen molar-refractivity contribution in [1.29, 1.82) is 0 Å². The molecule has 504 valence electrons. The van der Waals surface area contributed by atoms with Gasteiger partial charge in [0.1, 0.15) is 23.2 Å². The van der Waals surface area contributed by atoms with Crippen molar-refractivity contribution >= 4 is 70.6 Å². The molecule has 4 fully saturated rings. The Morgan fingerprint density at radius 3 is 2.18 bits per heavy atom. The number of carboxylic acid groups (broad SMARTS) is 1. The van der Waals surface area contributed by atoms with Crippen molar-refractivity contribution < 1.29 is 112 Å². The number of carbonyl (C=O) groups is 4. The molecule has 91 heavy (non-hydrogen) atoms. The number of rotatable bonds is 28. The number of hydrogen-bond acceptors (Lipinski definition) is 22. The van der Waals surface area contributed by atoms with Crippen LogP contribution >= 0.6 is 0 Å². The minimum atomic E-state index is -5.28. The molecule has 1 aromatic heterocycles. The van der Waals surface area contributed by atoms with Gasteiger partial charge in [-0.25, -0.2) is 9.59 Å². The van der Waals surface area contributed by atoms with E-state index in [0.29, 0.717) is 49.2 Å². The van der Waals surface area contributed by atoms with Crippen molar-refractivity contribution in [3.63, 3.8) is 0 Å². The maximum atomic E-state index is 14.4. The number of carbonyl (C=O) groups excluding carboxylic acids is 3. The molecule has 32 heteroatoms. The summed E-state index contributed by atoms with van der Waals surface area (Å²) in [5.41, 5.74) is -1.32. The van der Waals surface area contributed by atoms with Crippen LogP contribution in [0.2, 0.25) is 0 Å². The maximum absolute atomic E-state index is 14.4. The molecular weight excluding hydrogens is 1260 g/mol. The normalized spacial score (nSPS) is 28.1. The molecule has 4 aliphatic rings. The minimum absolute atomic E-state index is 0.00523. The van der Waals surface area contributed by atoms with Gasteiger partial charge in [-0.3, -0.25) is 27.9 Å². The quantitative estimate of drug-likeness (QED) is 0.0221. The van der Waals surface area contributed by atoms with Gasteiger partial charge in [0.2, 0.25) is 11.8 Å². The molecule has 0 bridgehead atoms. The number of amides is 2. The van der Waals surface area contributed by atoms with Crippen LogP contribution in [0.3, 0.4) is 0 Å². The van der Waals surface area contributed by atoms with E-state index >= 15 is 0 Å². The first-order chi connectivity index (χ1) is 43.0. The molecular formula is C59H81N5O24S3. The topological polar surface area (TPSA) is 454 Å². The van der Waals surface area contributed by atoms with Crippen LogP contribution in [0.1, 0.15) is 126 Å². The maximum Gasteiger partial charge on any atom is 0.338 e. The molecule has 8 rings (SSSR count). The molecule has 0 spiro atoms. The van der Waals surface area contributed by atoms with E-state index in [-0.39, 0.29) is 88.5 Å². The number of anilines is 1. The largest absolute Gasteiger partial charge is 0.479 e. The fourth-order valence-corrected chi connectivity index (χ4v) is 14.8. The molecule has 1 aliphatic heterocycles. The molecule has 1 saturated heterocycles. The summed E-state index contributed by atoms with van der Waals surface area (Å²) in [6.07, 6.45) is -6.45. The van der Waals surface area contributed by atoms with E-state index in [4.69, 9.17) is 23.7 Å². The lowest BCUT2D eigenvalue weighted by Gasteiger charge is -2.49. The number of nitrogens with zero attached hydrogens (tertiary/aromatic N) is 3. The summed E-state index contributed by atoms with van der Waals surface area (Å²) in [5, 5.41) is 78.4. The van der Waals surface area contributed by atoms with Gasteiger partial charge in [0.15, 0.2) is 18.5 Å². The standard InChI is InChI=1S/C59H81N5O24S3/c1-3-35-24-38(55(70)60-19-10-16-39-31-64(63-62-39)20-11-17-49(68)61-42-28-40(89(75,76)77)25-37-26-41(90(78,79)80)29-48(50(37)42)91(81,82)83)27-45(52(35)84-44-22-33(2)59(74,18-21-65)30-43(44)67)86-58-54(88-57(73)36-14-8-5-9-15-36)53(51(69)47(32-66)87-58)85-46(56(71)72)23-34-12-6-4-7-13-34/h5,8-9,14-15,25-26,28-29,31,33-35,38,43-47,51-54,58,65-67,69,74H,3-4,6-7,10-13,16-24,27,30,32H2,1-2H3,(H,60,70)(H,61,68)(H,71,72)(H,75,76,77)(H,78,79,80)(H,81,82,83)/t33?,35?,38?,43?,44?,45?,46-,47?,51?,52?,53?,54?,58?,59?/m0/s1. The van der Waals surface area contributed by atoms with Gasteiger partial charge in [-0.05, 0) is 111 Å². The van der Waals surface area contributed by atoms with Crippen LogP contribution < -0.4 is 10.6 Å². The van der Waals surface area contributed by atoms with E-state index in [2.05, 4.69) is 20.9 Å². The molecule has 3 aromatic carbocycles. The Balaban J connectivity index is 0.957. The van der Waals surface area contributed by atoms with Crippen molar-refractivity contribution in [3.05, 3.63) is 72.1 Å². The number of ether oxygens (including phenoxy) is 5. The molecule has 29 nitrogen and oxygen atoms in total. The molecule has 2 amide bonds. The van der Waals surface area contributed by atoms with Gasteiger partial charge in [-0.2, -0.15) is 25.3 Å². The predicted octanol–water partition coefficient (Wildman–Crippen LogP) is 3.23. The zero-order valence-corrected chi connectivity index (χ0v) is 52.7. The van der Waals surface area contributed by atoms with Crippen LogP contribution in [0.5, 0.6) is 0 Å². The zero-order valence-electron chi connectivity index (χ0n) is 50.2. The van der Waals surface area contributed by atoms with Crippen LogP contribution in [-0.4, -0.2) is 195 Å². The smallest absolute Gasteiger partial charge is 0.338 e. The van der Waals surface area contributed by atoms with Gasteiger partial charge in [0, 0.05) is 50.0 Å². The first-order valence-electron chi connectivity index (χ1n) is 30.4. The average molecular weight is 1340 g/mol. The second kappa shape index (κ2) is 30.6. The zero-order chi connectivity index (χ0) is 66.2. The highest BCUT2D eigenvalue weighted by Gasteiger charge is 2.54. The third kappa shape index (κ3) is 18.2. The van der Waals surface area contributed by atoms with Gasteiger partial charge in [0.25, 0.3) is 30.4 Å². The summed E-state index contributed by atoms with van der Waals surface area (Å²) in [6, 6.07) is 10.3. The number of nitrogens with one attached hydrogen (secondary N) is 2. The van der Waals surface area contributed by atoms with E-state index in [1.54, 1.807) is 31.3 Å². The van der Waals surface area contributed by atoms with Crippen molar-refractivity contribution in [1.82, 2.24) is 20.3 Å². The second-order valence-corrected chi connectivity index (χ2v) is 28.4.